The Morgan fingerprint density at radius 1 is 1.50 bits per heavy atom. The van der Waals surface area contributed by atoms with Gasteiger partial charge in [-0.2, -0.15) is 0 Å². The molecule has 0 spiro atoms. The molecule has 0 unspecified atom stereocenters. The molecule has 96 valence electrons. The van der Waals surface area contributed by atoms with Crippen molar-refractivity contribution in [2.45, 2.75) is 25.5 Å². The molecule has 0 bridgehead atoms. The van der Waals surface area contributed by atoms with Crippen LogP contribution in [-0.4, -0.2) is 50.7 Å². The molecule has 6 heteroatoms. The predicted octanol–water partition coefficient (Wildman–Crippen LogP) is 0.0500. The molecular weight excluding hydrogens is 236 g/mol. The van der Waals surface area contributed by atoms with Crippen molar-refractivity contribution in [2.24, 2.45) is 0 Å². The molecule has 2 rings (SSSR count). The third-order valence-electron chi connectivity index (χ3n) is 2.97. The van der Waals surface area contributed by atoms with Crippen LogP contribution in [0.4, 0.5) is 0 Å². The summed E-state index contributed by atoms with van der Waals surface area (Å²) >= 11 is 0. The summed E-state index contributed by atoms with van der Waals surface area (Å²) in [5, 5.41) is 18.5. The Morgan fingerprint density at radius 2 is 2.22 bits per heavy atom. The van der Waals surface area contributed by atoms with Crippen LogP contribution in [0.1, 0.15) is 22.5 Å². The molecule has 2 N–H and O–H groups in total. The molecular formula is C12H14N2O4. The van der Waals surface area contributed by atoms with E-state index < -0.39 is 18.1 Å². The van der Waals surface area contributed by atoms with Gasteiger partial charge in [0.2, 0.25) is 0 Å². The van der Waals surface area contributed by atoms with E-state index in [4.69, 9.17) is 5.11 Å². The fraction of sp³-hybridized carbons (Fsp3) is 0.417. The summed E-state index contributed by atoms with van der Waals surface area (Å²) in [6, 6.07) is 2.19. The number of aryl methyl sites for hydroxylation is 1. The highest BCUT2D eigenvalue weighted by molar-refractivity contribution is 5.97. The lowest BCUT2D eigenvalue weighted by Gasteiger charge is -2.21. The fourth-order valence-electron chi connectivity index (χ4n) is 2.12. The lowest BCUT2D eigenvalue weighted by atomic mass is 10.1. The molecule has 1 fully saturated rings. The maximum absolute atomic E-state index is 12.2. The number of carbonyl (C=O) groups excluding carboxylic acids is 1. The molecule has 1 aliphatic heterocycles. The van der Waals surface area contributed by atoms with Crippen LogP contribution in [0.5, 0.6) is 0 Å². The largest absolute Gasteiger partial charge is 0.480 e. The molecule has 2 atom stereocenters. The van der Waals surface area contributed by atoms with Gasteiger partial charge in [-0.05, 0) is 19.1 Å². The van der Waals surface area contributed by atoms with Crippen LogP contribution in [0.25, 0.3) is 0 Å². The first kappa shape index (κ1) is 12.5. The van der Waals surface area contributed by atoms with Crippen LogP contribution in [0.2, 0.25) is 0 Å². The van der Waals surface area contributed by atoms with Gasteiger partial charge in [-0.3, -0.25) is 9.78 Å². The van der Waals surface area contributed by atoms with Gasteiger partial charge in [0.05, 0.1) is 6.10 Å². The van der Waals surface area contributed by atoms with Crippen LogP contribution >= 0.6 is 0 Å². The Balaban J connectivity index is 2.25. The number of aliphatic hydroxyl groups is 1. The first-order chi connectivity index (χ1) is 8.49. The summed E-state index contributed by atoms with van der Waals surface area (Å²) in [4.78, 5) is 28.4. The zero-order valence-corrected chi connectivity index (χ0v) is 9.91. The quantitative estimate of drug-likeness (QED) is 0.774. The SMILES string of the molecule is Cc1cc(C(=O)N2C[C@H](O)C[C@@H]2C(=O)O)ccn1. The van der Waals surface area contributed by atoms with E-state index in [1.165, 1.54) is 11.1 Å². The topological polar surface area (TPSA) is 90.7 Å². The number of rotatable bonds is 2. The van der Waals surface area contributed by atoms with E-state index in [9.17, 15) is 14.7 Å². The van der Waals surface area contributed by atoms with Crippen molar-refractivity contribution in [2.75, 3.05) is 6.54 Å². The predicted molar refractivity (Wildman–Crippen MR) is 62.1 cm³/mol. The lowest BCUT2D eigenvalue weighted by molar-refractivity contribution is -0.141. The van der Waals surface area contributed by atoms with Gasteiger partial charge >= 0.3 is 5.97 Å². The first-order valence-electron chi connectivity index (χ1n) is 5.63. The number of aromatic nitrogens is 1. The van der Waals surface area contributed by atoms with Crippen molar-refractivity contribution >= 4 is 11.9 Å². The van der Waals surface area contributed by atoms with Gasteiger partial charge < -0.3 is 15.1 Å². The highest BCUT2D eigenvalue weighted by Crippen LogP contribution is 2.21. The van der Waals surface area contributed by atoms with Gasteiger partial charge in [0.1, 0.15) is 6.04 Å². The number of likely N-dealkylation sites (tertiary alicyclic amines) is 1. The molecule has 2 heterocycles. The van der Waals surface area contributed by atoms with Gasteiger partial charge in [-0.15, -0.1) is 0 Å². The van der Waals surface area contributed by atoms with Crippen molar-refractivity contribution in [1.29, 1.82) is 0 Å². The van der Waals surface area contributed by atoms with E-state index >= 15 is 0 Å². The Labute approximate surface area is 104 Å². The normalized spacial score (nSPS) is 23.1. The maximum atomic E-state index is 12.2. The summed E-state index contributed by atoms with van der Waals surface area (Å²) in [6.45, 7) is 1.81. The van der Waals surface area contributed by atoms with E-state index in [1.807, 2.05) is 0 Å². The highest BCUT2D eigenvalue weighted by atomic mass is 16.4. The van der Waals surface area contributed by atoms with E-state index in [0.29, 0.717) is 11.3 Å². The third kappa shape index (κ3) is 2.33. The molecule has 1 aliphatic rings. The van der Waals surface area contributed by atoms with Gasteiger partial charge in [-0.25, -0.2) is 4.79 Å². The molecule has 1 aromatic heterocycles. The second-order valence-electron chi connectivity index (χ2n) is 4.39. The second-order valence-corrected chi connectivity index (χ2v) is 4.39. The molecule has 0 aliphatic carbocycles. The van der Waals surface area contributed by atoms with Gasteiger partial charge in [0.25, 0.3) is 5.91 Å². The minimum Gasteiger partial charge on any atom is -0.480 e. The van der Waals surface area contributed by atoms with Crippen LogP contribution in [-0.2, 0) is 4.79 Å². The Kier molecular flexibility index (Phi) is 3.29. The highest BCUT2D eigenvalue weighted by Gasteiger charge is 2.39. The van der Waals surface area contributed by atoms with Crippen molar-refractivity contribution in [3.8, 4) is 0 Å². The van der Waals surface area contributed by atoms with E-state index in [0.717, 1.165) is 0 Å². The molecule has 1 saturated heterocycles. The number of β-amino-alcohol motifs (C(OH)–C–C–N with tert-alkyl or cyclic N) is 1. The molecule has 1 amide bonds. The number of hydrogen-bond acceptors (Lipinski definition) is 4. The van der Waals surface area contributed by atoms with Crippen LogP contribution in [0.3, 0.4) is 0 Å². The molecule has 0 aromatic carbocycles. The summed E-state index contributed by atoms with van der Waals surface area (Å²) in [5.41, 5.74) is 1.08. The maximum Gasteiger partial charge on any atom is 0.326 e. The number of carboxylic acid groups (broad SMARTS) is 1. The standard InChI is InChI=1S/C12H14N2O4/c1-7-4-8(2-3-13-7)11(16)14-6-9(15)5-10(14)12(17)18/h2-4,9-10,15H,5-6H2,1H3,(H,17,18)/t9-,10-/m1/s1. The first-order valence-corrected chi connectivity index (χ1v) is 5.63. The Morgan fingerprint density at radius 3 is 2.83 bits per heavy atom. The summed E-state index contributed by atoms with van der Waals surface area (Å²) in [7, 11) is 0. The number of aliphatic hydroxyl groups excluding tert-OH is 1. The fourth-order valence-corrected chi connectivity index (χ4v) is 2.12. The second kappa shape index (κ2) is 4.73. The van der Waals surface area contributed by atoms with Gasteiger partial charge in [-0.1, -0.05) is 0 Å². The smallest absolute Gasteiger partial charge is 0.326 e. The summed E-state index contributed by atoms with van der Waals surface area (Å²) in [5.74, 6) is -1.48. The zero-order chi connectivity index (χ0) is 13.3. The van der Waals surface area contributed by atoms with Crippen molar-refractivity contribution in [1.82, 2.24) is 9.88 Å². The Hall–Kier alpha value is -1.95. The van der Waals surface area contributed by atoms with E-state index in [2.05, 4.69) is 4.98 Å². The number of carboxylic acids is 1. The Bertz CT molecular complexity index is 489. The van der Waals surface area contributed by atoms with E-state index in [1.54, 1.807) is 19.1 Å². The minimum absolute atomic E-state index is 0.0527. The van der Waals surface area contributed by atoms with Crippen molar-refractivity contribution in [3.05, 3.63) is 29.6 Å². The molecule has 0 radical (unpaired) electrons. The van der Waals surface area contributed by atoms with Crippen molar-refractivity contribution < 1.29 is 19.8 Å². The van der Waals surface area contributed by atoms with E-state index in [-0.39, 0.29) is 18.9 Å². The summed E-state index contributed by atoms with van der Waals surface area (Å²) in [6.07, 6.45) is 0.800. The third-order valence-corrected chi connectivity index (χ3v) is 2.97. The average molecular weight is 250 g/mol. The van der Waals surface area contributed by atoms with Crippen LogP contribution < -0.4 is 0 Å². The molecule has 18 heavy (non-hydrogen) atoms. The summed E-state index contributed by atoms with van der Waals surface area (Å²) < 4.78 is 0. The van der Waals surface area contributed by atoms with Gasteiger partial charge in [0, 0.05) is 30.4 Å². The monoisotopic (exact) mass is 250 g/mol. The van der Waals surface area contributed by atoms with Crippen LogP contribution in [0, 0.1) is 6.92 Å². The van der Waals surface area contributed by atoms with Crippen LogP contribution in [0.15, 0.2) is 18.3 Å². The number of amides is 1. The number of carbonyl (C=O) groups is 2. The molecule has 1 aromatic rings. The zero-order valence-electron chi connectivity index (χ0n) is 9.91. The number of hydrogen-bond donors (Lipinski definition) is 2. The van der Waals surface area contributed by atoms with Gasteiger partial charge in [0.15, 0.2) is 0 Å². The molecule has 6 nitrogen and oxygen atoms in total. The average Bonchev–Trinajstić information content (AvgIpc) is 2.70. The van der Waals surface area contributed by atoms with Crippen molar-refractivity contribution in [3.63, 3.8) is 0 Å². The number of pyridine rings is 1. The number of aliphatic carboxylic acids is 1. The number of nitrogens with zero attached hydrogens (tertiary/aromatic N) is 2. The minimum atomic E-state index is -1.09. The lowest BCUT2D eigenvalue weighted by Crippen LogP contribution is -2.40. The molecule has 0 saturated carbocycles.